The number of amides is 2. The van der Waals surface area contributed by atoms with Crippen LogP contribution in [0.1, 0.15) is 42.8 Å². The molecule has 0 bridgehead atoms. The molecule has 1 unspecified atom stereocenters. The van der Waals surface area contributed by atoms with Gasteiger partial charge in [-0.15, -0.1) is 0 Å². The number of rotatable bonds is 3. The number of carbonyl (C=O) groups is 1. The van der Waals surface area contributed by atoms with E-state index in [4.69, 9.17) is 11.6 Å². The van der Waals surface area contributed by atoms with E-state index in [0.29, 0.717) is 17.3 Å². The Balaban J connectivity index is 1.83. The van der Waals surface area contributed by atoms with Gasteiger partial charge in [0, 0.05) is 24.5 Å². The van der Waals surface area contributed by atoms with Crippen LogP contribution in [0.2, 0.25) is 5.02 Å². The highest BCUT2D eigenvalue weighted by Gasteiger charge is 2.31. The van der Waals surface area contributed by atoms with Gasteiger partial charge in [-0.05, 0) is 50.1 Å². The first-order valence-corrected chi connectivity index (χ1v) is 8.89. The van der Waals surface area contributed by atoms with Gasteiger partial charge in [-0.25, -0.2) is 4.79 Å². The molecule has 0 fully saturated rings. The number of carbonyl (C=O) groups excluding carboxylic acids is 1. The SMILES string of the molecule is CCCC1c2ccc(C)n2CCN1C(=O)Nc1ccc(C)cc1Cl. The Kier molecular flexibility index (Phi) is 4.86. The fourth-order valence-corrected chi connectivity index (χ4v) is 3.72. The Bertz CT molecular complexity index is 753. The second-order valence-electron chi connectivity index (χ2n) is 6.46. The van der Waals surface area contributed by atoms with Crippen molar-refractivity contribution in [1.82, 2.24) is 9.47 Å². The van der Waals surface area contributed by atoms with E-state index in [2.05, 4.69) is 35.9 Å². The molecule has 128 valence electrons. The number of hydrogen-bond acceptors (Lipinski definition) is 1. The van der Waals surface area contributed by atoms with Gasteiger partial charge < -0.3 is 14.8 Å². The molecule has 0 spiro atoms. The molecule has 4 nitrogen and oxygen atoms in total. The molecule has 0 saturated carbocycles. The van der Waals surface area contributed by atoms with Crippen molar-refractivity contribution in [3.8, 4) is 0 Å². The lowest BCUT2D eigenvalue weighted by atomic mass is 10.0. The number of benzene rings is 1. The molecule has 2 heterocycles. The maximum absolute atomic E-state index is 12.9. The van der Waals surface area contributed by atoms with Gasteiger partial charge >= 0.3 is 6.03 Å². The fraction of sp³-hybridized carbons (Fsp3) is 0.421. The molecule has 5 heteroatoms. The Morgan fingerprint density at radius 2 is 2.04 bits per heavy atom. The maximum atomic E-state index is 12.9. The van der Waals surface area contributed by atoms with Gasteiger partial charge in [-0.3, -0.25) is 0 Å². The van der Waals surface area contributed by atoms with Crippen molar-refractivity contribution in [2.45, 2.75) is 46.2 Å². The van der Waals surface area contributed by atoms with Crippen molar-refractivity contribution in [3.63, 3.8) is 0 Å². The van der Waals surface area contributed by atoms with Crippen LogP contribution in [0.3, 0.4) is 0 Å². The quantitative estimate of drug-likeness (QED) is 0.820. The third-order valence-electron chi connectivity index (χ3n) is 4.70. The summed E-state index contributed by atoms with van der Waals surface area (Å²) >= 11 is 6.26. The number of aromatic nitrogens is 1. The van der Waals surface area contributed by atoms with Gasteiger partial charge in [0.2, 0.25) is 0 Å². The number of fused-ring (bicyclic) bond motifs is 1. The number of aryl methyl sites for hydroxylation is 2. The summed E-state index contributed by atoms with van der Waals surface area (Å²) in [5.74, 6) is 0. The minimum Gasteiger partial charge on any atom is -0.345 e. The van der Waals surface area contributed by atoms with Crippen LogP contribution < -0.4 is 5.32 Å². The zero-order valence-electron chi connectivity index (χ0n) is 14.5. The Labute approximate surface area is 148 Å². The average molecular weight is 346 g/mol. The number of halogens is 1. The predicted molar refractivity (Wildman–Crippen MR) is 98.7 cm³/mol. The number of hydrogen-bond donors (Lipinski definition) is 1. The van der Waals surface area contributed by atoms with Crippen LogP contribution in [0.4, 0.5) is 10.5 Å². The smallest absolute Gasteiger partial charge is 0.322 e. The second-order valence-corrected chi connectivity index (χ2v) is 6.87. The van der Waals surface area contributed by atoms with E-state index in [1.807, 2.05) is 30.0 Å². The van der Waals surface area contributed by atoms with Crippen molar-refractivity contribution < 1.29 is 4.79 Å². The summed E-state index contributed by atoms with van der Waals surface area (Å²) in [7, 11) is 0. The van der Waals surface area contributed by atoms with E-state index in [0.717, 1.165) is 24.9 Å². The minimum absolute atomic E-state index is 0.0793. The van der Waals surface area contributed by atoms with Gasteiger partial charge in [-0.1, -0.05) is 31.0 Å². The standard InChI is InChI=1S/C19H24ClN3O/c1-4-5-17-18-9-7-14(3)22(18)10-11-23(17)19(24)21-16-8-6-13(2)12-15(16)20/h6-9,12,17H,4-5,10-11H2,1-3H3,(H,21,24). The third kappa shape index (κ3) is 3.16. The molecule has 24 heavy (non-hydrogen) atoms. The van der Waals surface area contributed by atoms with Crippen LogP contribution in [-0.2, 0) is 6.54 Å². The predicted octanol–water partition coefficient (Wildman–Crippen LogP) is 5.15. The zero-order valence-corrected chi connectivity index (χ0v) is 15.2. The zero-order chi connectivity index (χ0) is 17.3. The van der Waals surface area contributed by atoms with Crippen LogP contribution in [-0.4, -0.2) is 22.0 Å². The molecule has 0 aliphatic carbocycles. The molecule has 1 aromatic carbocycles. The van der Waals surface area contributed by atoms with E-state index in [9.17, 15) is 4.79 Å². The van der Waals surface area contributed by atoms with Gasteiger partial charge in [0.05, 0.1) is 16.8 Å². The van der Waals surface area contributed by atoms with Crippen molar-refractivity contribution in [2.75, 3.05) is 11.9 Å². The molecule has 3 rings (SSSR count). The topological polar surface area (TPSA) is 37.3 Å². The number of nitrogens with zero attached hydrogens (tertiary/aromatic N) is 2. The highest BCUT2D eigenvalue weighted by molar-refractivity contribution is 6.33. The highest BCUT2D eigenvalue weighted by atomic mass is 35.5. The first-order valence-electron chi connectivity index (χ1n) is 8.51. The van der Waals surface area contributed by atoms with E-state index in [1.54, 1.807) is 0 Å². The molecule has 1 aliphatic rings. The van der Waals surface area contributed by atoms with E-state index in [-0.39, 0.29) is 12.1 Å². The highest BCUT2D eigenvalue weighted by Crippen LogP contribution is 2.32. The summed E-state index contributed by atoms with van der Waals surface area (Å²) in [5.41, 5.74) is 4.23. The van der Waals surface area contributed by atoms with Crippen molar-refractivity contribution in [3.05, 3.63) is 52.3 Å². The Hall–Kier alpha value is -1.94. The molecule has 2 aromatic rings. The van der Waals surface area contributed by atoms with Crippen LogP contribution in [0.5, 0.6) is 0 Å². The number of urea groups is 1. The van der Waals surface area contributed by atoms with Crippen molar-refractivity contribution in [2.24, 2.45) is 0 Å². The molecule has 1 N–H and O–H groups in total. The molecule has 1 aromatic heterocycles. The first-order chi connectivity index (χ1) is 11.5. The number of anilines is 1. The number of nitrogens with one attached hydrogen (secondary N) is 1. The lowest BCUT2D eigenvalue weighted by Gasteiger charge is -2.37. The summed E-state index contributed by atoms with van der Waals surface area (Å²) in [4.78, 5) is 14.8. The molecule has 1 atom stereocenters. The van der Waals surface area contributed by atoms with Gasteiger partial charge in [0.1, 0.15) is 0 Å². The van der Waals surface area contributed by atoms with Gasteiger partial charge in [0.25, 0.3) is 0 Å². The van der Waals surface area contributed by atoms with Crippen LogP contribution in [0, 0.1) is 13.8 Å². The van der Waals surface area contributed by atoms with Crippen LogP contribution in [0.15, 0.2) is 30.3 Å². The van der Waals surface area contributed by atoms with Crippen molar-refractivity contribution in [1.29, 1.82) is 0 Å². The third-order valence-corrected chi connectivity index (χ3v) is 5.02. The van der Waals surface area contributed by atoms with Gasteiger partial charge in [0.15, 0.2) is 0 Å². The molecule has 0 radical (unpaired) electrons. The van der Waals surface area contributed by atoms with E-state index in [1.165, 1.54) is 11.4 Å². The molecule has 1 aliphatic heterocycles. The fourth-order valence-electron chi connectivity index (χ4n) is 3.44. The first kappa shape index (κ1) is 16.9. The van der Waals surface area contributed by atoms with Crippen molar-refractivity contribution >= 4 is 23.3 Å². The monoisotopic (exact) mass is 345 g/mol. The Morgan fingerprint density at radius 3 is 2.75 bits per heavy atom. The second kappa shape index (κ2) is 6.89. The summed E-state index contributed by atoms with van der Waals surface area (Å²) in [6.07, 6.45) is 1.99. The minimum atomic E-state index is -0.0793. The average Bonchev–Trinajstić information content (AvgIpc) is 2.92. The summed E-state index contributed by atoms with van der Waals surface area (Å²) in [6.45, 7) is 7.80. The molecular weight excluding hydrogens is 322 g/mol. The van der Waals surface area contributed by atoms with E-state index >= 15 is 0 Å². The van der Waals surface area contributed by atoms with Crippen LogP contribution >= 0.6 is 11.6 Å². The Morgan fingerprint density at radius 1 is 1.25 bits per heavy atom. The lowest BCUT2D eigenvalue weighted by molar-refractivity contribution is 0.162. The summed E-state index contributed by atoms with van der Waals surface area (Å²) in [6, 6.07) is 10.00. The summed E-state index contributed by atoms with van der Waals surface area (Å²) in [5, 5.41) is 3.55. The lowest BCUT2D eigenvalue weighted by Crippen LogP contribution is -2.44. The largest absolute Gasteiger partial charge is 0.345 e. The summed E-state index contributed by atoms with van der Waals surface area (Å²) < 4.78 is 2.32. The molecular formula is C19H24ClN3O. The van der Waals surface area contributed by atoms with Crippen LogP contribution in [0.25, 0.3) is 0 Å². The molecule has 0 saturated heterocycles. The maximum Gasteiger partial charge on any atom is 0.322 e. The van der Waals surface area contributed by atoms with E-state index < -0.39 is 0 Å². The van der Waals surface area contributed by atoms with Gasteiger partial charge in [-0.2, -0.15) is 0 Å². The normalized spacial score (nSPS) is 16.8. The molecule has 2 amide bonds.